The Hall–Kier alpha value is -1.77. The first-order valence-corrected chi connectivity index (χ1v) is 8.45. The van der Waals surface area contributed by atoms with Crippen molar-refractivity contribution in [3.63, 3.8) is 0 Å². The highest BCUT2D eigenvalue weighted by molar-refractivity contribution is 14.0. The molecule has 26 heavy (non-hydrogen) atoms. The summed E-state index contributed by atoms with van der Waals surface area (Å²) < 4.78 is 24.0. The fourth-order valence-electron chi connectivity index (χ4n) is 2.23. The van der Waals surface area contributed by atoms with Crippen LogP contribution in [0, 0.1) is 11.7 Å². The number of hydrogen-bond donors (Lipinski definition) is 2. The van der Waals surface area contributed by atoms with Gasteiger partial charge in [0.2, 0.25) is 0 Å². The maximum Gasteiger partial charge on any atom is 0.191 e. The minimum atomic E-state index is -0.327. The first-order chi connectivity index (χ1) is 12.1. The molecule has 2 aromatic rings. The van der Waals surface area contributed by atoms with Crippen LogP contribution in [0.25, 0.3) is 0 Å². The summed E-state index contributed by atoms with van der Waals surface area (Å²) in [4.78, 5) is 4.54. The SMILES string of the molecule is COc1cc(F)cc(CN=C(NCCc2ccco2)NCC(C)C)c1.I. The predicted molar refractivity (Wildman–Crippen MR) is 113 cm³/mol. The predicted octanol–water partition coefficient (Wildman–Crippen LogP) is 3.98. The molecule has 5 nitrogen and oxygen atoms in total. The van der Waals surface area contributed by atoms with E-state index in [2.05, 4.69) is 29.5 Å². The van der Waals surface area contributed by atoms with Crippen molar-refractivity contribution < 1.29 is 13.5 Å². The van der Waals surface area contributed by atoms with Gasteiger partial charge in [0.25, 0.3) is 0 Å². The molecule has 2 N–H and O–H groups in total. The summed E-state index contributed by atoms with van der Waals surface area (Å²) in [5.41, 5.74) is 0.758. The van der Waals surface area contributed by atoms with Crippen LogP contribution in [-0.4, -0.2) is 26.2 Å². The lowest BCUT2D eigenvalue weighted by Crippen LogP contribution is -2.40. The highest BCUT2D eigenvalue weighted by Gasteiger charge is 2.04. The van der Waals surface area contributed by atoms with Crippen LogP contribution in [0.3, 0.4) is 0 Å². The highest BCUT2D eigenvalue weighted by Crippen LogP contribution is 2.16. The van der Waals surface area contributed by atoms with Crippen molar-refractivity contribution in [3.8, 4) is 5.75 Å². The Morgan fingerprint density at radius 3 is 2.73 bits per heavy atom. The number of guanidine groups is 1. The van der Waals surface area contributed by atoms with E-state index >= 15 is 0 Å². The number of benzene rings is 1. The molecule has 144 valence electrons. The molecule has 0 atom stereocenters. The first-order valence-electron chi connectivity index (χ1n) is 8.45. The number of nitrogens with one attached hydrogen (secondary N) is 2. The molecule has 1 heterocycles. The average molecular weight is 475 g/mol. The van der Waals surface area contributed by atoms with Gasteiger partial charge in [-0.3, -0.25) is 0 Å². The number of ether oxygens (including phenoxy) is 1. The van der Waals surface area contributed by atoms with E-state index in [4.69, 9.17) is 9.15 Å². The van der Waals surface area contributed by atoms with Gasteiger partial charge in [0.1, 0.15) is 17.3 Å². The van der Waals surface area contributed by atoms with Gasteiger partial charge in [-0.25, -0.2) is 9.38 Å². The van der Waals surface area contributed by atoms with Crippen LogP contribution in [-0.2, 0) is 13.0 Å². The standard InChI is InChI=1S/C19H26FN3O2.HI/c1-14(2)12-22-19(21-7-6-17-5-4-8-25-17)23-13-15-9-16(20)11-18(10-15)24-3;/h4-5,8-11,14H,6-7,12-13H2,1-3H3,(H2,21,22,23);1H. The van der Waals surface area contributed by atoms with Crippen LogP contribution >= 0.6 is 24.0 Å². The Morgan fingerprint density at radius 1 is 1.27 bits per heavy atom. The molecular weight excluding hydrogens is 448 g/mol. The highest BCUT2D eigenvalue weighted by atomic mass is 127. The summed E-state index contributed by atoms with van der Waals surface area (Å²) in [5, 5.41) is 6.58. The summed E-state index contributed by atoms with van der Waals surface area (Å²) in [5.74, 6) is 2.28. The van der Waals surface area contributed by atoms with Crippen molar-refractivity contribution in [2.45, 2.75) is 26.8 Å². The third-order valence-electron chi connectivity index (χ3n) is 3.51. The van der Waals surface area contributed by atoms with Gasteiger partial charge in [0.05, 0.1) is 19.9 Å². The summed E-state index contributed by atoms with van der Waals surface area (Å²) >= 11 is 0. The van der Waals surface area contributed by atoms with Gasteiger partial charge in [-0.2, -0.15) is 0 Å². The molecule has 7 heteroatoms. The second kappa shape index (κ2) is 11.8. The molecule has 1 aromatic carbocycles. The van der Waals surface area contributed by atoms with E-state index in [1.807, 2.05) is 12.1 Å². The van der Waals surface area contributed by atoms with Crippen LogP contribution in [0.2, 0.25) is 0 Å². The van der Waals surface area contributed by atoms with E-state index in [1.165, 1.54) is 19.2 Å². The molecule has 0 spiro atoms. The van der Waals surface area contributed by atoms with Gasteiger partial charge in [0.15, 0.2) is 5.96 Å². The molecule has 0 aliphatic heterocycles. The van der Waals surface area contributed by atoms with Crippen LogP contribution in [0.1, 0.15) is 25.2 Å². The summed E-state index contributed by atoms with van der Waals surface area (Å²) in [6.45, 7) is 6.13. The Kier molecular flexibility index (Phi) is 10.1. The van der Waals surface area contributed by atoms with Crippen molar-refractivity contribution in [1.82, 2.24) is 10.6 Å². The number of methoxy groups -OCH3 is 1. The Labute approximate surface area is 171 Å². The van der Waals surface area contributed by atoms with Crippen LogP contribution < -0.4 is 15.4 Å². The average Bonchev–Trinajstić information content (AvgIpc) is 3.09. The minimum Gasteiger partial charge on any atom is -0.497 e. The number of aliphatic imine (C=N–C) groups is 1. The molecule has 0 saturated carbocycles. The monoisotopic (exact) mass is 475 g/mol. The zero-order valence-electron chi connectivity index (χ0n) is 15.4. The van der Waals surface area contributed by atoms with Crippen molar-refractivity contribution in [2.24, 2.45) is 10.9 Å². The molecule has 0 unspecified atom stereocenters. The maximum absolute atomic E-state index is 13.6. The Bertz CT molecular complexity index is 675. The number of hydrogen-bond acceptors (Lipinski definition) is 3. The van der Waals surface area contributed by atoms with Crippen LogP contribution in [0.15, 0.2) is 46.0 Å². The Balaban J connectivity index is 0.00000338. The molecular formula is C19H27FIN3O2. The molecule has 0 amide bonds. The zero-order valence-corrected chi connectivity index (χ0v) is 17.8. The summed E-state index contributed by atoms with van der Waals surface area (Å²) in [6.07, 6.45) is 2.43. The van der Waals surface area contributed by atoms with E-state index < -0.39 is 0 Å². The fraction of sp³-hybridized carbons (Fsp3) is 0.421. The number of furan rings is 1. The van der Waals surface area contributed by atoms with E-state index in [-0.39, 0.29) is 29.8 Å². The van der Waals surface area contributed by atoms with Crippen LogP contribution in [0.4, 0.5) is 4.39 Å². The smallest absolute Gasteiger partial charge is 0.191 e. The molecule has 0 aliphatic rings. The number of nitrogens with zero attached hydrogens (tertiary/aromatic N) is 1. The molecule has 0 radical (unpaired) electrons. The van der Waals surface area contributed by atoms with E-state index in [9.17, 15) is 4.39 Å². The lowest BCUT2D eigenvalue weighted by molar-refractivity contribution is 0.410. The molecule has 0 fully saturated rings. The third kappa shape index (κ3) is 8.07. The van der Waals surface area contributed by atoms with E-state index in [1.54, 1.807) is 12.3 Å². The quantitative estimate of drug-likeness (QED) is 0.345. The van der Waals surface area contributed by atoms with E-state index in [0.29, 0.717) is 30.7 Å². The van der Waals surface area contributed by atoms with Crippen molar-refractivity contribution in [3.05, 3.63) is 53.7 Å². The van der Waals surface area contributed by atoms with Crippen molar-refractivity contribution in [1.29, 1.82) is 0 Å². The summed E-state index contributed by atoms with van der Waals surface area (Å²) in [7, 11) is 1.52. The zero-order chi connectivity index (χ0) is 18.1. The second-order valence-electron chi connectivity index (χ2n) is 6.20. The topological polar surface area (TPSA) is 58.8 Å². The van der Waals surface area contributed by atoms with Gasteiger partial charge in [-0.1, -0.05) is 13.8 Å². The van der Waals surface area contributed by atoms with E-state index in [0.717, 1.165) is 24.3 Å². The van der Waals surface area contributed by atoms with Gasteiger partial charge in [-0.05, 0) is 35.7 Å². The number of rotatable bonds is 8. The van der Waals surface area contributed by atoms with Gasteiger partial charge < -0.3 is 19.8 Å². The van der Waals surface area contributed by atoms with Gasteiger partial charge in [-0.15, -0.1) is 24.0 Å². The third-order valence-corrected chi connectivity index (χ3v) is 3.51. The molecule has 2 rings (SSSR count). The maximum atomic E-state index is 13.6. The van der Waals surface area contributed by atoms with Crippen LogP contribution in [0.5, 0.6) is 5.75 Å². The van der Waals surface area contributed by atoms with Crippen molar-refractivity contribution in [2.75, 3.05) is 20.2 Å². The second-order valence-corrected chi connectivity index (χ2v) is 6.20. The molecule has 0 saturated heterocycles. The molecule has 1 aromatic heterocycles. The first kappa shape index (κ1) is 22.3. The normalized spacial score (nSPS) is 11.2. The fourth-order valence-corrected chi connectivity index (χ4v) is 2.23. The molecule has 0 bridgehead atoms. The summed E-state index contributed by atoms with van der Waals surface area (Å²) in [6, 6.07) is 8.43. The minimum absolute atomic E-state index is 0. The number of halogens is 2. The van der Waals surface area contributed by atoms with Crippen molar-refractivity contribution >= 4 is 29.9 Å². The lowest BCUT2D eigenvalue weighted by atomic mass is 10.2. The largest absolute Gasteiger partial charge is 0.497 e. The molecule has 0 aliphatic carbocycles. The Morgan fingerprint density at radius 2 is 2.08 bits per heavy atom. The lowest BCUT2D eigenvalue weighted by Gasteiger charge is -2.14. The van der Waals surface area contributed by atoms with Gasteiger partial charge in [0, 0.05) is 25.6 Å². The van der Waals surface area contributed by atoms with Gasteiger partial charge >= 0.3 is 0 Å².